The summed E-state index contributed by atoms with van der Waals surface area (Å²) in [5.74, 6) is 0.286. The van der Waals surface area contributed by atoms with Crippen molar-refractivity contribution in [2.75, 3.05) is 5.32 Å². The van der Waals surface area contributed by atoms with Gasteiger partial charge in [-0.1, -0.05) is 26.0 Å². The van der Waals surface area contributed by atoms with Crippen LogP contribution >= 0.6 is 0 Å². The summed E-state index contributed by atoms with van der Waals surface area (Å²) >= 11 is 0. The van der Waals surface area contributed by atoms with Gasteiger partial charge >= 0.3 is 0 Å². The molecular formula is C14H19NO2. The van der Waals surface area contributed by atoms with Crippen LogP contribution < -0.4 is 5.32 Å². The molecule has 2 N–H and O–H groups in total. The molecule has 0 radical (unpaired) electrons. The van der Waals surface area contributed by atoms with E-state index >= 15 is 0 Å². The largest absolute Gasteiger partial charge is 0.388 e. The van der Waals surface area contributed by atoms with E-state index < -0.39 is 6.10 Å². The summed E-state index contributed by atoms with van der Waals surface area (Å²) in [5.41, 5.74) is 2.97. The molecule has 92 valence electrons. The number of nitrogens with one attached hydrogen (secondary N) is 1. The molecule has 0 spiro atoms. The van der Waals surface area contributed by atoms with Crippen molar-refractivity contribution in [2.24, 2.45) is 5.92 Å². The molecular weight excluding hydrogens is 214 g/mol. The Morgan fingerprint density at radius 3 is 2.76 bits per heavy atom. The van der Waals surface area contributed by atoms with E-state index in [0.717, 1.165) is 29.7 Å². The van der Waals surface area contributed by atoms with E-state index in [4.69, 9.17) is 0 Å². The molecule has 17 heavy (non-hydrogen) atoms. The van der Waals surface area contributed by atoms with Crippen molar-refractivity contribution in [1.82, 2.24) is 0 Å². The normalized spacial score (nSPS) is 17.3. The number of rotatable bonds is 2. The highest BCUT2D eigenvalue weighted by Gasteiger charge is 2.16. The van der Waals surface area contributed by atoms with Crippen LogP contribution in [0, 0.1) is 5.92 Å². The Hall–Kier alpha value is -1.35. The molecule has 3 nitrogen and oxygen atoms in total. The Labute approximate surface area is 102 Å². The first-order valence-electron chi connectivity index (χ1n) is 6.18. The highest BCUT2D eigenvalue weighted by molar-refractivity contribution is 5.92. The summed E-state index contributed by atoms with van der Waals surface area (Å²) in [7, 11) is 0. The fourth-order valence-corrected chi connectivity index (χ4v) is 2.16. The van der Waals surface area contributed by atoms with Crippen LogP contribution in [0.2, 0.25) is 0 Å². The third-order valence-corrected chi connectivity index (χ3v) is 3.23. The zero-order chi connectivity index (χ0) is 12.4. The molecule has 1 amide bonds. The van der Waals surface area contributed by atoms with Crippen molar-refractivity contribution in [3.63, 3.8) is 0 Å². The number of hydrogen-bond donors (Lipinski definition) is 2. The molecule has 0 bridgehead atoms. The molecule has 0 saturated carbocycles. The zero-order valence-corrected chi connectivity index (χ0v) is 10.4. The van der Waals surface area contributed by atoms with Gasteiger partial charge < -0.3 is 10.4 Å². The number of anilines is 1. The van der Waals surface area contributed by atoms with Gasteiger partial charge in [0.1, 0.15) is 0 Å². The molecule has 0 saturated heterocycles. The van der Waals surface area contributed by atoms with Crippen molar-refractivity contribution in [1.29, 1.82) is 0 Å². The standard InChI is InChI=1S/C14H19NO2/c1-9(2)14(17)11-6-7-12-10(8-11)4-3-5-13(16)15-12/h6-9,14,17H,3-5H2,1-2H3,(H,15,16). The van der Waals surface area contributed by atoms with Crippen LogP contribution in [0.15, 0.2) is 18.2 Å². The summed E-state index contributed by atoms with van der Waals surface area (Å²) < 4.78 is 0. The molecule has 0 aromatic heterocycles. The fourth-order valence-electron chi connectivity index (χ4n) is 2.16. The Morgan fingerprint density at radius 2 is 2.06 bits per heavy atom. The number of fused-ring (bicyclic) bond motifs is 1. The van der Waals surface area contributed by atoms with Crippen LogP contribution in [0.3, 0.4) is 0 Å². The molecule has 1 atom stereocenters. The van der Waals surface area contributed by atoms with E-state index in [2.05, 4.69) is 5.32 Å². The van der Waals surface area contributed by atoms with Crippen molar-refractivity contribution >= 4 is 11.6 Å². The second kappa shape index (κ2) is 4.88. The van der Waals surface area contributed by atoms with Crippen LogP contribution in [-0.2, 0) is 11.2 Å². The van der Waals surface area contributed by atoms with E-state index in [-0.39, 0.29) is 11.8 Å². The number of aliphatic hydroxyl groups is 1. The minimum Gasteiger partial charge on any atom is -0.388 e. The number of benzene rings is 1. The monoisotopic (exact) mass is 233 g/mol. The lowest BCUT2D eigenvalue weighted by molar-refractivity contribution is -0.116. The maximum Gasteiger partial charge on any atom is 0.224 e. The third kappa shape index (κ3) is 2.67. The lowest BCUT2D eigenvalue weighted by Gasteiger charge is -2.17. The van der Waals surface area contributed by atoms with Crippen LogP contribution in [0.4, 0.5) is 5.69 Å². The highest BCUT2D eigenvalue weighted by Crippen LogP contribution is 2.28. The van der Waals surface area contributed by atoms with Gasteiger partial charge in [-0.3, -0.25) is 4.79 Å². The summed E-state index contributed by atoms with van der Waals surface area (Å²) in [4.78, 5) is 11.4. The predicted molar refractivity (Wildman–Crippen MR) is 67.8 cm³/mol. The zero-order valence-electron chi connectivity index (χ0n) is 10.4. The fraction of sp³-hybridized carbons (Fsp3) is 0.500. The molecule has 1 aromatic carbocycles. The van der Waals surface area contributed by atoms with Gasteiger partial charge in [-0.05, 0) is 36.0 Å². The van der Waals surface area contributed by atoms with Crippen LogP contribution in [0.25, 0.3) is 0 Å². The highest BCUT2D eigenvalue weighted by atomic mass is 16.3. The second-order valence-electron chi connectivity index (χ2n) is 5.01. The second-order valence-corrected chi connectivity index (χ2v) is 5.01. The first-order valence-corrected chi connectivity index (χ1v) is 6.18. The van der Waals surface area contributed by atoms with Gasteiger partial charge in [0.05, 0.1) is 6.10 Å². The summed E-state index contributed by atoms with van der Waals surface area (Å²) in [6.45, 7) is 4.00. The number of aryl methyl sites for hydroxylation is 1. The molecule has 1 aromatic rings. The number of carbonyl (C=O) groups is 1. The Balaban J connectivity index is 2.30. The minimum absolute atomic E-state index is 0.0842. The van der Waals surface area contributed by atoms with Crippen molar-refractivity contribution in [2.45, 2.75) is 39.2 Å². The molecule has 2 rings (SSSR count). The molecule has 3 heteroatoms. The minimum atomic E-state index is -0.431. The van der Waals surface area contributed by atoms with Gasteiger partial charge in [-0.25, -0.2) is 0 Å². The summed E-state index contributed by atoms with van der Waals surface area (Å²) in [6, 6.07) is 5.82. The van der Waals surface area contributed by atoms with Gasteiger partial charge in [0.25, 0.3) is 0 Å². The Bertz CT molecular complexity index is 426. The first kappa shape index (κ1) is 12.1. The molecule has 1 heterocycles. The van der Waals surface area contributed by atoms with Crippen LogP contribution in [0.5, 0.6) is 0 Å². The predicted octanol–water partition coefficient (Wildman–Crippen LogP) is 2.65. The van der Waals surface area contributed by atoms with Gasteiger partial charge in [0.2, 0.25) is 5.91 Å². The average Bonchev–Trinajstić information content (AvgIpc) is 2.47. The molecule has 1 unspecified atom stereocenters. The molecule has 0 fully saturated rings. The maximum atomic E-state index is 11.4. The van der Waals surface area contributed by atoms with E-state index in [1.165, 1.54) is 0 Å². The molecule has 0 aliphatic carbocycles. The first-order chi connectivity index (χ1) is 8.08. The van der Waals surface area contributed by atoms with E-state index in [9.17, 15) is 9.90 Å². The topological polar surface area (TPSA) is 49.3 Å². The SMILES string of the molecule is CC(C)C(O)c1ccc2c(c1)CCCC(=O)N2. The smallest absolute Gasteiger partial charge is 0.224 e. The third-order valence-electron chi connectivity index (χ3n) is 3.23. The van der Waals surface area contributed by atoms with Crippen LogP contribution in [-0.4, -0.2) is 11.0 Å². The van der Waals surface area contributed by atoms with Crippen molar-refractivity contribution < 1.29 is 9.90 Å². The van der Waals surface area contributed by atoms with Gasteiger partial charge in [-0.15, -0.1) is 0 Å². The van der Waals surface area contributed by atoms with Crippen LogP contribution in [0.1, 0.15) is 43.9 Å². The van der Waals surface area contributed by atoms with Crippen molar-refractivity contribution in [3.05, 3.63) is 29.3 Å². The summed E-state index contributed by atoms with van der Waals surface area (Å²) in [6.07, 6.45) is 1.92. The average molecular weight is 233 g/mol. The number of carbonyl (C=O) groups excluding carboxylic acids is 1. The maximum absolute atomic E-state index is 11.4. The number of aliphatic hydroxyl groups excluding tert-OH is 1. The van der Waals surface area contributed by atoms with Crippen molar-refractivity contribution in [3.8, 4) is 0 Å². The van der Waals surface area contributed by atoms with E-state index in [0.29, 0.717) is 6.42 Å². The van der Waals surface area contributed by atoms with Gasteiger partial charge in [0.15, 0.2) is 0 Å². The van der Waals surface area contributed by atoms with Gasteiger partial charge in [-0.2, -0.15) is 0 Å². The molecule has 1 aliphatic heterocycles. The quantitative estimate of drug-likeness (QED) is 0.825. The van der Waals surface area contributed by atoms with Gasteiger partial charge in [0, 0.05) is 12.1 Å². The Morgan fingerprint density at radius 1 is 1.29 bits per heavy atom. The van der Waals surface area contributed by atoms with E-state index in [1.807, 2.05) is 32.0 Å². The van der Waals surface area contributed by atoms with E-state index in [1.54, 1.807) is 0 Å². The lowest BCUT2D eigenvalue weighted by Crippen LogP contribution is -2.10. The Kier molecular flexibility index (Phi) is 3.48. The summed E-state index contributed by atoms with van der Waals surface area (Å²) in [5, 5.41) is 12.9. The lowest BCUT2D eigenvalue weighted by atomic mass is 9.95. The molecule has 1 aliphatic rings. The number of hydrogen-bond acceptors (Lipinski definition) is 2. The number of amides is 1.